The molecule has 0 aromatic rings. The summed E-state index contributed by atoms with van der Waals surface area (Å²) in [6.45, 7) is 11.7. The Morgan fingerprint density at radius 1 is 1.12 bits per heavy atom. The lowest BCUT2D eigenvalue weighted by molar-refractivity contribution is -0.142. The van der Waals surface area contributed by atoms with Crippen LogP contribution in [0.5, 0.6) is 0 Å². The van der Waals surface area contributed by atoms with Gasteiger partial charge >= 0.3 is 5.97 Å². The Kier molecular flexibility index (Phi) is 6.58. The number of carbonyl (C=O) groups is 2. The molecule has 4 aliphatic rings. The van der Waals surface area contributed by atoms with Crippen LogP contribution in [-0.2, 0) is 14.3 Å². The van der Waals surface area contributed by atoms with Gasteiger partial charge in [-0.2, -0.15) is 0 Å². The van der Waals surface area contributed by atoms with Gasteiger partial charge in [0.2, 0.25) is 0 Å². The smallest absolute Gasteiger partial charge is 0.302 e. The maximum absolute atomic E-state index is 11.9. The van der Waals surface area contributed by atoms with Gasteiger partial charge in [0.1, 0.15) is 0 Å². The van der Waals surface area contributed by atoms with Crippen LogP contribution in [0.1, 0.15) is 79.6 Å². The molecule has 8 atom stereocenters. The van der Waals surface area contributed by atoms with Gasteiger partial charge in [0.25, 0.3) is 0 Å². The molecular weight excluding hydrogens is 396 g/mol. The highest BCUT2D eigenvalue weighted by atomic mass is 16.5. The molecule has 0 aromatic carbocycles. The monoisotopic (exact) mass is 438 g/mol. The van der Waals surface area contributed by atoms with Crippen LogP contribution in [0.2, 0.25) is 0 Å². The van der Waals surface area contributed by atoms with Crippen LogP contribution < -0.4 is 0 Å². The van der Waals surface area contributed by atoms with Gasteiger partial charge in [0.05, 0.1) is 6.61 Å². The van der Waals surface area contributed by atoms with E-state index in [0.717, 1.165) is 24.2 Å². The minimum Gasteiger partial charge on any atom is -0.466 e. The molecule has 176 valence electrons. The Labute approximate surface area is 194 Å². The highest BCUT2D eigenvalue weighted by molar-refractivity contribution is 6.01. The van der Waals surface area contributed by atoms with E-state index in [1.807, 2.05) is 6.08 Å². The summed E-state index contributed by atoms with van der Waals surface area (Å²) in [5.41, 5.74) is 1.68. The average molecular weight is 439 g/mol. The summed E-state index contributed by atoms with van der Waals surface area (Å²) in [4.78, 5) is 23.0. The molecule has 0 aliphatic heterocycles. The van der Waals surface area contributed by atoms with Gasteiger partial charge in [-0.3, -0.25) is 9.59 Å². The highest BCUT2D eigenvalue weighted by Gasteiger charge is 2.58. The SMILES string of the molecule is CC(=O)OC[C@H](C)CCC[C@@H](C)[C@H]1CC[C@H]2[C@@H]3C=CC4=CC(=O)C=C[C@]4(C)[C@H]3CC[C@]12C. The third-order valence-electron chi connectivity index (χ3n) is 9.80. The zero-order valence-corrected chi connectivity index (χ0v) is 20.7. The largest absolute Gasteiger partial charge is 0.466 e. The Hall–Kier alpha value is -1.64. The quantitative estimate of drug-likeness (QED) is 0.416. The summed E-state index contributed by atoms with van der Waals surface area (Å²) >= 11 is 0. The van der Waals surface area contributed by atoms with Crippen molar-refractivity contribution in [3.05, 3.63) is 36.0 Å². The van der Waals surface area contributed by atoms with Crippen molar-refractivity contribution >= 4 is 11.8 Å². The Morgan fingerprint density at radius 3 is 2.66 bits per heavy atom. The molecule has 0 bridgehead atoms. The first-order valence-electron chi connectivity index (χ1n) is 12.9. The van der Waals surface area contributed by atoms with E-state index in [-0.39, 0.29) is 17.2 Å². The molecule has 3 nitrogen and oxygen atoms in total. The summed E-state index contributed by atoms with van der Waals surface area (Å²) in [5.74, 6) is 3.98. The zero-order chi connectivity index (χ0) is 23.1. The molecular formula is C29H42O3. The van der Waals surface area contributed by atoms with Crippen molar-refractivity contribution in [3.63, 3.8) is 0 Å². The Balaban J connectivity index is 1.40. The summed E-state index contributed by atoms with van der Waals surface area (Å²) in [6, 6.07) is 0. The van der Waals surface area contributed by atoms with Gasteiger partial charge in [-0.05, 0) is 90.8 Å². The van der Waals surface area contributed by atoms with Crippen molar-refractivity contribution in [3.8, 4) is 0 Å². The molecule has 4 aliphatic carbocycles. The second-order valence-corrected chi connectivity index (χ2v) is 11.8. The van der Waals surface area contributed by atoms with Gasteiger partial charge in [-0.1, -0.05) is 58.8 Å². The number of rotatable bonds is 7. The van der Waals surface area contributed by atoms with E-state index in [1.54, 1.807) is 6.08 Å². The summed E-state index contributed by atoms with van der Waals surface area (Å²) in [7, 11) is 0. The van der Waals surface area contributed by atoms with Crippen LogP contribution in [0.25, 0.3) is 0 Å². The minimum atomic E-state index is -0.172. The fourth-order valence-electron chi connectivity index (χ4n) is 7.96. The second-order valence-electron chi connectivity index (χ2n) is 11.8. The molecule has 2 fully saturated rings. The van der Waals surface area contributed by atoms with Crippen LogP contribution in [0.15, 0.2) is 36.0 Å². The first kappa shape index (κ1) is 23.5. The zero-order valence-electron chi connectivity index (χ0n) is 20.7. The van der Waals surface area contributed by atoms with Crippen molar-refractivity contribution < 1.29 is 14.3 Å². The van der Waals surface area contributed by atoms with Gasteiger partial charge < -0.3 is 4.74 Å². The standard InChI is InChI=1S/C29H42O3/c1-19(18-32-21(3)30)7-6-8-20(2)25-11-12-26-24-10-9-22-17-23(31)13-15-28(22,4)27(24)14-16-29(25,26)5/h9-10,13,15,17,19-20,24-27H,6-8,11-12,14,16,18H2,1-5H3/t19-,20-,24+,25-,26+,27+,28+,29-/m1/s1. The van der Waals surface area contributed by atoms with Crippen LogP contribution in [0, 0.1) is 46.3 Å². The minimum absolute atomic E-state index is 0.0242. The second kappa shape index (κ2) is 8.95. The third-order valence-corrected chi connectivity index (χ3v) is 9.80. The number of hydrogen-bond donors (Lipinski definition) is 0. The molecule has 4 rings (SSSR count). The van der Waals surface area contributed by atoms with Gasteiger partial charge in [0.15, 0.2) is 5.78 Å². The predicted molar refractivity (Wildman–Crippen MR) is 129 cm³/mol. The van der Waals surface area contributed by atoms with Crippen LogP contribution in [0.3, 0.4) is 0 Å². The number of ketones is 1. The lowest BCUT2D eigenvalue weighted by Crippen LogP contribution is -2.48. The van der Waals surface area contributed by atoms with Gasteiger partial charge in [-0.15, -0.1) is 0 Å². The number of carbonyl (C=O) groups excluding carboxylic acids is 2. The molecule has 32 heavy (non-hydrogen) atoms. The normalized spacial score (nSPS) is 39.5. The molecule has 0 unspecified atom stereocenters. The molecule has 0 amide bonds. The third kappa shape index (κ3) is 4.17. The van der Waals surface area contributed by atoms with Crippen molar-refractivity contribution in [2.75, 3.05) is 6.61 Å². The molecule has 3 heteroatoms. The van der Waals surface area contributed by atoms with Gasteiger partial charge in [-0.25, -0.2) is 0 Å². The maximum Gasteiger partial charge on any atom is 0.302 e. The topological polar surface area (TPSA) is 43.4 Å². The highest BCUT2D eigenvalue weighted by Crippen LogP contribution is 2.65. The summed E-state index contributed by atoms with van der Waals surface area (Å²) < 4.78 is 5.18. The summed E-state index contributed by atoms with van der Waals surface area (Å²) in [5, 5.41) is 0. The Morgan fingerprint density at radius 2 is 1.91 bits per heavy atom. The van der Waals surface area contributed by atoms with Crippen LogP contribution >= 0.6 is 0 Å². The first-order chi connectivity index (χ1) is 15.1. The average Bonchev–Trinajstić information content (AvgIpc) is 3.10. The number of allylic oxidation sites excluding steroid dienone is 6. The van der Waals surface area contributed by atoms with E-state index >= 15 is 0 Å². The molecule has 0 spiro atoms. The van der Waals surface area contributed by atoms with Gasteiger partial charge in [0, 0.05) is 12.3 Å². The maximum atomic E-state index is 11.9. The molecule has 2 saturated carbocycles. The van der Waals surface area contributed by atoms with Crippen molar-refractivity contribution in [2.45, 2.75) is 79.6 Å². The molecule has 0 N–H and O–H groups in total. The van der Waals surface area contributed by atoms with Crippen LogP contribution in [0.4, 0.5) is 0 Å². The van der Waals surface area contributed by atoms with E-state index in [9.17, 15) is 9.59 Å². The Bertz CT molecular complexity index is 835. The molecule has 0 aromatic heterocycles. The molecule has 0 saturated heterocycles. The van der Waals surface area contributed by atoms with Crippen molar-refractivity contribution in [2.24, 2.45) is 46.3 Å². The first-order valence-corrected chi connectivity index (χ1v) is 12.9. The predicted octanol–water partition coefficient (Wildman–Crippen LogP) is 6.69. The van der Waals surface area contributed by atoms with E-state index in [4.69, 9.17) is 4.74 Å². The van der Waals surface area contributed by atoms with Crippen LogP contribution in [-0.4, -0.2) is 18.4 Å². The number of hydrogen-bond acceptors (Lipinski definition) is 3. The molecule has 0 heterocycles. The van der Waals surface area contributed by atoms with Crippen molar-refractivity contribution in [1.82, 2.24) is 0 Å². The van der Waals surface area contributed by atoms with E-state index < -0.39 is 0 Å². The fourth-order valence-corrected chi connectivity index (χ4v) is 7.96. The fraction of sp³-hybridized carbons (Fsp3) is 0.724. The number of esters is 1. The summed E-state index contributed by atoms with van der Waals surface area (Å²) in [6.07, 6.45) is 19.5. The number of fused-ring (bicyclic) bond motifs is 5. The van der Waals surface area contributed by atoms with E-state index in [0.29, 0.717) is 29.8 Å². The molecule has 0 radical (unpaired) electrons. The lowest BCUT2D eigenvalue weighted by Gasteiger charge is -2.55. The van der Waals surface area contributed by atoms with E-state index in [1.165, 1.54) is 51.0 Å². The van der Waals surface area contributed by atoms with E-state index in [2.05, 4.69) is 45.9 Å². The number of ether oxygens (including phenoxy) is 1. The lowest BCUT2D eigenvalue weighted by atomic mass is 9.49. The van der Waals surface area contributed by atoms with Crippen molar-refractivity contribution in [1.29, 1.82) is 0 Å².